The third kappa shape index (κ3) is 2.16. The van der Waals surface area contributed by atoms with E-state index in [1.54, 1.807) is 29.0 Å². The van der Waals surface area contributed by atoms with Gasteiger partial charge >= 0.3 is 0 Å². The monoisotopic (exact) mass is 244 g/mol. The summed E-state index contributed by atoms with van der Waals surface area (Å²) in [6.07, 6.45) is 3.76. The van der Waals surface area contributed by atoms with Gasteiger partial charge in [0.05, 0.1) is 18.5 Å². The van der Waals surface area contributed by atoms with Gasteiger partial charge in [0, 0.05) is 16.7 Å². The van der Waals surface area contributed by atoms with Crippen molar-refractivity contribution >= 4 is 12.2 Å². The van der Waals surface area contributed by atoms with E-state index in [1.807, 2.05) is 0 Å². The molecule has 0 radical (unpaired) electrons. The van der Waals surface area contributed by atoms with Gasteiger partial charge in [-0.05, 0) is 28.8 Å². The van der Waals surface area contributed by atoms with Gasteiger partial charge < -0.3 is 8.98 Å². The number of azide groups is 1. The molecular formula is C11H8N4O3. The molecule has 2 aromatic rings. The van der Waals surface area contributed by atoms with Crippen molar-refractivity contribution in [1.29, 1.82) is 0 Å². The number of rotatable bonds is 4. The smallest absolute Gasteiger partial charge is 0.284 e. The molecule has 0 aromatic carbocycles. The Morgan fingerprint density at radius 1 is 1.56 bits per heavy atom. The Morgan fingerprint density at radius 3 is 3.11 bits per heavy atom. The summed E-state index contributed by atoms with van der Waals surface area (Å²) in [6, 6.07) is 4.97. The van der Waals surface area contributed by atoms with Crippen LogP contribution in [-0.4, -0.2) is 16.8 Å². The SMILES string of the molecule is [N-]=[N+]=NC(=O)c1occc1Cn1cccc1C=O. The van der Waals surface area contributed by atoms with Crippen LogP contribution in [0.5, 0.6) is 0 Å². The van der Waals surface area contributed by atoms with E-state index in [4.69, 9.17) is 9.95 Å². The predicted molar refractivity (Wildman–Crippen MR) is 61.1 cm³/mol. The number of aromatic nitrogens is 1. The minimum atomic E-state index is -0.780. The van der Waals surface area contributed by atoms with E-state index in [2.05, 4.69) is 10.0 Å². The molecule has 18 heavy (non-hydrogen) atoms. The number of carbonyl (C=O) groups excluding carboxylic acids is 2. The molecule has 0 aliphatic heterocycles. The van der Waals surface area contributed by atoms with Crippen LogP contribution < -0.4 is 0 Å². The fraction of sp³-hybridized carbons (Fsp3) is 0.0909. The van der Waals surface area contributed by atoms with Crippen molar-refractivity contribution in [3.63, 3.8) is 0 Å². The molecule has 0 bridgehead atoms. The summed E-state index contributed by atoms with van der Waals surface area (Å²) in [5.41, 5.74) is 9.24. The lowest BCUT2D eigenvalue weighted by Gasteiger charge is -2.04. The van der Waals surface area contributed by atoms with E-state index in [0.29, 0.717) is 17.8 Å². The van der Waals surface area contributed by atoms with Crippen molar-refractivity contribution in [2.45, 2.75) is 6.54 Å². The summed E-state index contributed by atoms with van der Waals surface area (Å²) in [5, 5.41) is 2.97. The van der Waals surface area contributed by atoms with E-state index >= 15 is 0 Å². The zero-order valence-electron chi connectivity index (χ0n) is 9.18. The van der Waals surface area contributed by atoms with Crippen LogP contribution in [0.4, 0.5) is 0 Å². The minimum Gasteiger partial charge on any atom is -0.461 e. The zero-order valence-corrected chi connectivity index (χ0v) is 9.18. The standard InChI is InChI=1S/C11H8N4O3/c12-14-13-11(17)10-8(3-5-18-10)6-15-4-1-2-9(15)7-16/h1-5,7H,6H2. The molecule has 2 heterocycles. The first-order valence-electron chi connectivity index (χ1n) is 5.02. The summed E-state index contributed by atoms with van der Waals surface area (Å²) in [4.78, 5) is 24.6. The van der Waals surface area contributed by atoms with E-state index in [1.165, 1.54) is 6.26 Å². The van der Waals surface area contributed by atoms with Crippen LogP contribution >= 0.6 is 0 Å². The summed E-state index contributed by atoms with van der Waals surface area (Å²) >= 11 is 0. The first-order valence-corrected chi connectivity index (χ1v) is 5.02. The van der Waals surface area contributed by atoms with Crippen LogP contribution in [0.2, 0.25) is 0 Å². The Bertz CT molecular complexity index is 634. The van der Waals surface area contributed by atoms with Crippen LogP contribution in [0.25, 0.3) is 10.4 Å². The topological polar surface area (TPSA) is 101 Å². The van der Waals surface area contributed by atoms with Crippen LogP contribution in [0.3, 0.4) is 0 Å². The van der Waals surface area contributed by atoms with E-state index in [0.717, 1.165) is 6.29 Å². The Hall–Kier alpha value is -2.79. The fourth-order valence-corrected chi connectivity index (χ4v) is 1.60. The lowest BCUT2D eigenvalue weighted by molar-refractivity contribution is 0.0972. The Labute approximate surface area is 101 Å². The second-order valence-corrected chi connectivity index (χ2v) is 3.45. The molecule has 7 nitrogen and oxygen atoms in total. The summed E-state index contributed by atoms with van der Waals surface area (Å²) in [6.45, 7) is 0.291. The summed E-state index contributed by atoms with van der Waals surface area (Å²) in [5.74, 6) is -0.796. The van der Waals surface area contributed by atoms with Gasteiger partial charge in [-0.1, -0.05) is 0 Å². The highest BCUT2D eigenvalue weighted by atomic mass is 16.3. The molecule has 7 heteroatoms. The molecule has 0 saturated heterocycles. The third-order valence-electron chi connectivity index (χ3n) is 2.40. The Morgan fingerprint density at radius 2 is 2.39 bits per heavy atom. The number of nitrogens with zero attached hydrogens (tertiary/aromatic N) is 4. The molecule has 0 saturated carbocycles. The molecule has 90 valence electrons. The van der Waals surface area contributed by atoms with Crippen LogP contribution in [0.1, 0.15) is 26.6 Å². The number of amides is 1. The highest BCUT2D eigenvalue weighted by molar-refractivity contribution is 5.93. The lowest BCUT2D eigenvalue weighted by atomic mass is 10.2. The first-order chi connectivity index (χ1) is 8.76. The Balaban J connectivity index is 2.30. The molecule has 0 N–H and O–H groups in total. The number of carbonyl (C=O) groups is 2. The summed E-state index contributed by atoms with van der Waals surface area (Å²) in [7, 11) is 0. The second kappa shape index (κ2) is 5.03. The molecule has 0 aliphatic carbocycles. The van der Waals surface area contributed by atoms with Crippen LogP contribution in [0, 0.1) is 0 Å². The zero-order chi connectivity index (χ0) is 13.0. The fourth-order valence-electron chi connectivity index (χ4n) is 1.60. The lowest BCUT2D eigenvalue weighted by Crippen LogP contribution is -2.05. The van der Waals surface area contributed by atoms with E-state index in [9.17, 15) is 9.59 Å². The average Bonchev–Trinajstić information content (AvgIpc) is 2.98. The summed E-state index contributed by atoms with van der Waals surface area (Å²) < 4.78 is 6.64. The molecule has 0 spiro atoms. The average molecular weight is 244 g/mol. The van der Waals surface area contributed by atoms with Crippen molar-refractivity contribution in [2.75, 3.05) is 0 Å². The van der Waals surface area contributed by atoms with Crippen molar-refractivity contribution in [3.8, 4) is 0 Å². The molecule has 0 fully saturated rings. The van der Waals surface area contributed by atoms with Gasteiger partial charge in [-0.25, -0.2) is 0 Å². The molecule has 2 aromatic heterocycles. The first kappa shape index (κ1) is 11.7. The molecule has 0 atom stereocenters. The highest BCUT2D eigenvalue weighted by Gasteiger charge is 2.14. The van der Waals surface area contributed by atoms with Gasteiger partial charge in [-0.15, -0.1) is 0 Å². The minimum absolute atomic E-state index is 0.0154. The third-order valence-corrected chi connectivity index (χ3v) is 2.40. The second-order valence-electron chi connectivity index (χ2n) is 3.45. The Kier molecular flexibility index (Phi) is 3.26. The van der Waals surface area contributed by atoms with Gasteiger partial charge in [0.25, 0.3) is 5.91 Å². The van der Waals surface area contributed by atoms with Gasteiger partial charge in [-0.3, -0.25) is 9.59 Å². The van der Waals surface area contributed by atoms with Crippen molar-refractivity contribution in [1.82, 2.24) is 4.57 Å². The maximum Gasteiger partial charge on any atom is 0.284 e. The number of aldehydes is 1. The van der Waals surface area contributed by atoms with E-state index in [-0.39, 0.29) is 5.76 Å². The van der Waals surface area contributed by atoms with Crippen LogP contribution in [-0.2, 0) is 6.54 Å². The number of hydrogen-bond donors (Lipinski definition) is 0. The number of hydrogen-bond acceptors (Lipinski definition) is 3. The van der Waals surface area contributed by atoms with Gasteiger partial charge in [0.1, 0.15) is 0 Å². The van der Waals surface area contributed by atoms with Crippen molar-refractivity contribution in [3.05, 3.63) is 58.1 Å². The molecule has 0 aliphatic rings. The molecule has 1 amide bonds. The van der Waals surface area contributed by atoms with E-state index < -0.39 is 5.91 Å². The highest BCUT2D eigenvalue weighted by Crippen LogP contribution is 2.15. The van der Waals surface area contributed by atoms with Gasteiger partial charge in [0.15, 0.2) is 12.0 Å². The molecule has 0 unspecified atom stereocenters. The largest absolute Gasteiger partial charge is 0.461 e. The van der Waals surface area contributed by atoms with Crippen molar-refractivity contribution < 1.29 is 14.0 Å². The molecule has 2 rings (SSSR count). The number of furan rings is 1. The van der Waals surface area contributed by atoms with Crippen LogP contribution in [0.15, 0.2) is 40.2 Å². The maximum atomic E-state index is 11.4. The normalized spacial score (nSPS) is 9.78. The molecular weight excluding hydrogens is 236 g/mol. The quantitative estimate of drug-likeness (QED) is 0.357. The predicted octanol–water partition coefficient (Wildman–Crippen LogP) is 2.39. The van der Waals surface area contributed by atoms with Gasteiger partial charge in [-0.2, -0.15) is 0 Å². The van der Waals surface area contributed by atoms with Gasteiger partial charge in [0.2, 0.25) is 0 Å². The van der Waals surface area contributed by atoms with Crippen molar-refractivity contribution in [2.24, 2.45) is 5.11 Å². The maximum absolute atomic E-state index is 11.4.